The predicted molar refractivity (Wildman–Crippen MR) is 89.0 cm³/mol. The summed E-state index contributed by atoms with van der Waals surface area (Å²) in [5.74, 6) is 0.892. The molecule has 22 heavy (non-hydrogen) atoms. The van der Waals surface area contributed by atoms with Crippen molar-refractivity contribution >= 4 is 15.7 Å². The highest BCUT2D eigenvalue weighted by atomic mass is 32.2. The number of benzene rings is 2. The second-order valence-corrected chi connectivity index (χ2v) is 6.93. The highest BCUT2D eigenvalue weighted by Gasteiger charge is 2.16. The Bertz CT molecular complexity index is 722. The van der Waals surface area contributed by atoms with E-state index in [4.69, 9.17) is 4.74 Å². The van der Waals surface area contributed by atoms with Crippen LogP contribution in [0.5, 0.6) is 5.75 Å². The van der Waals surface area contributed by atoms with Gasteiger partial charge >= 0.3 is 0 Å². The highest BCUT2D eigenvalue weighted by Crippen LogP contribution is 2.26. The Balaban J connectivity index is 2.28. The molecule has 0 aliphatic rings. The zero-order chi connectivity index (χ0) is 16.2. The van der Waals surface area contributed by atoms with Crippen LogP contribution in [0.25, 0.3) is 0 Å². The van der Waals surface area contributed by atoms with Crippen LogP contribution in [-0.2, 0) is 10.0 Å². The second kappa shape index (κ2) is 6.83. The molecule has 0 amide bonds. The minimum absolute atomic E-state index is 0.217. The molecule has 0 unspecified atom stereocenters. The number of anilines is 1. The van der Waals surface area contributed by atoms with Crippen molar-refractivity contribution in [3.8, 4) is 5.75 Å². The summed E-state index contributed by atoms with van der Waals surface area (Å²) in [7, 11) is -3.61. The number of nitrogens with one attached hydrogen (secondary N) is 1. The van der Waals surface area contributed by atoms with Crippen molar-refractivity contribution in [3.05, 3.63) is 54.1 Å². The average Bonchev–Trinajstić information content (AvgIpc) is 2.48. The molecule has 0 bridgehead atoms. The third-order valence-corrected chi connectivity index (χ3v) is 4.65. The third-order valence-electron chi connectivity index (χ3n) is 3.27. The van der Waals surface area contributed by atoms with E-state index in [-0.39, 0.29) is 10.8 Å². The van der Waals surface area contributed by atoms with E-state index in [0.717, 1.165) is 5.56 Å². The molecule has 0 spiro atoms. The number of ether oxygens (including phenoxy) is 1. The number of hydrogen-bond acceptors (Lipinski definition) is 3. The van der Waals surface area contributed by atoms with E-state index in [1.165, 1.54) is 0 Å². The van der Waals surface area contributed by atoms with Gasteiger partial charge in [0.15, 0.2) is 0 Å². The van der Waals surface area contributed by atoms with E-state index in [9.17, 15) is 8.42 Å². The van der Waals surface area contributed by atoms with Gasteiger partial charge in [0.25, 0.3) is 10.0 Å². The maximum Gasteiger partial charge on any atom is 0.261 e. The van der Waals surface area contributed by atoms with Crippen molar-refractivity contribution < 1.29 is 13.2 Å². The Labute approximate surface area is 132 Å². The maximum atomic E-state index is 12.5. The van der Waals surface area contributed by atoms with Crippen LogP contribution in [0, 0.1) is 0 Å². The van der Waals surface area contributed by atoms with Gasteiger partial charge < -0.3 is 4.74 Å². The molecule has 0 aromatic heterocycles. The summed E-state index contributed by atoms with van der Waals surface area (Å²) in [6.45, 7) is 6.50. The Hall–Kier alpha value is -2.01. The molecule has 0 radical (unpaired) electrons. The molecular weight excluding hydrogens is 298 g/mol. The molecule has 118 valence electrons. The summed E-state index contributed by atoms with van der Waals surface area (Å²) >= 11 is 0. The zero-order valence-corrected chi connectivity index (χ0v) is 13.9. The Morgan fingerprint density at radius 3 is 2.27 bits per heavy atom. The lowest BCUT2D eigenvalue weighted by molar-refractivity contribution is 0.340. The lowest BCUT2D eigenvalue weighted by Crippen LogP contribution is -2.14. The second-order valence-electron chi connectivity index (χ2n) is 5.25. The lowest BCUT2D eigenvalue weighted by Gasteiger charge is -2.15. The SMILES string of the molecule is CCOc1ccc(S(=O)(=O)Nc2ccccc2C(C)C)cc1. The van der Waals surface area contributed by atoms with Crippen LogP contribution < -0.4 is 9.46 Å². The molecule has 0 fully saturated rings. The van der Waals surface area contributed by atoms with Crippen molar-refractivity contribution in [1.29, 1.82) is 0 Å². The Morgan fingerprint density at radius 2 is 1.68 bits per heavy atom. The molecule has 2 aromatic rings. The van der Waals surface area contributed by atoms with Gasteiger partial charge in [-0.2, -0.15) is 0 Å². The molecular formula is C17H21NO3S. The summed E-state index contributed by atoms with van der Waals surface area (Å²) in [6, 6.07) is 13.9. The van der Waals surface area contributed by atoms with Gasteiger partial charge in [-0.3, -0.25) is 4.72 Å². The summed E-state index contributed by atoms with van der Waals surface area (Å²) < 4.78 is 33.0. The van der Waals surface area contributed by atoms with Gasteiger partial charge in [-0.1, -0.05) is 32.0 Å². The van der Waals surface area contributed by atoms with Gasteiger partial charge in [-0.05, 0) is 48.7 Å². The van der Waals surface area contributed by atoms with Crippen LogP contribution in [0.2, 0.25) is 0 Å². The summed E-state index contributed by atoms with van der Waals surface area (Å²) in [6.07, 6.45) is 0. The van der Waals surface area contributed by atoms with Gasteiger partial charge in [0.2, 0.25) is 0 Å². The van der Waals surface area contributed by atoms with Crippen LogP contribution in [0.4, 0.5) is 5.69 Å². The first-order valence-corrected chi connectivity index (χ1v) is 8.77. The fourth-order valence-electron chi connectivity index (χ4n) is 2.18. The standard InChI is InChI=1S/C17H21NO3S/c1-4-21-14-9-11-15(12-10-14)22(19,20)18-17-8-6-5-7-16(17)13(2)3/h5-13,18H,4H2,1-3H3. The van der Waals surface area contributed by atoms with Crippen molar-refractivity contribution in [3.63, 3.8) is 0 Å². The average molecular weight is 319 g/mol. The van der Waals surface area contributed by atoms with Crippen LogP contribution >= 0.6 is 0 Å². The zero-order valence-electron chi connectivity index (χ0n) is 13.0. The molecule has 0 aliphatic carbocycles. The smallest absolute Gasteiger partial charge is 0.261 e. The van der Waals surface area contributed by atoms with E-state index in [2.05, 4.69) is 4.72 Å². The van der Waals surface area contributed by atoms with Gasteiger partial charge in [0, 0.05) is 0 Å². The molecule has 2 aromatic carbocycles. The van der Waals surface area contributed by atoms with Crippen LogP contribution in [0.15, 0.2) is 53.4 Å². The number of rotatable bonds is 6. The molecule has 4 nitrogen and oxygen atoms in total. The quantitative estimate of drug-likeness (QED) is 0.875. The molecule has 5 heteroatoms. The first-order valence-electron chi connectivity index (χ1n) is 7.28. The molecule has 0 heterocycles. The highest BCUT2D eigenvalue weighted by molar-refractivity contribution is 7.92. The lowest BCUT2D eigenvalue weighted by atomic mass is 10.0. The minimum atomic E-state index is -3.61. The van der Waals surface area contributed by atoms with Crippen LogP contribution in [0.3, 0.4) is 0 Å². The van der Waals surface area contributed by atoms with Crippen molar-refractivity contribution in [2.24, 2.45) is 0 Å². The Morgan fingerprint density at radius 1 is 1.05 bits per heavy atom. The van der Waals surface area contributed by atoms with E-state index in [1.54, 1.807) is 30.3 Å². The fraction of sp³-hybridized carbons (Fsp3) is 0.294. The van der Waals surface area contributed by atoms with E-state index >= 15 is 0 Å². The van der Waals surface area contributed by atoms with Gasteiger partial charge in [0.05, 0.1) is 17.2 Å². The van der Waals surface area contributed by atoms with Crippen LogP contribution in [-0.4, -0.2) is 15.0 Å². The minimum Gasteiger partial charge on any atom is -0.494 e. The van der Waals surface area contributed by atoms with Gasteiger partial charge in [-0.15, -0.1) is 0 Å². The van der Waals surface area contributed by atoms with Crippen molar-refractivity contribution in [2.75, 3.05) is 11.3 Å². The number of para-hydroxylation sites is 1. The molecule has 0 atom stereocenters. The first-order chi connectivity index (χ1) is 10.4. The first kappa shape index (κ1) is 16.4. The summed E-state index contributed by atoms with van der Waals surface area (Å²) in [5.41, 5.74) is 1.59. The normalized spacial score (nSPS) is 11.5. The number of hydrogen-bond donors (Lipinski definition) is 1. The van der Waals surface area contributed by atoms with Crippen molar-refractivity contribution in [1.82, 2.24) is 0 Å². The Kier molecular flexibility index (Phi) is 5.08. The summed E-state index contributed by atoms with van der Waals surface area (Å²) in [4.78, 5) is 0.217. The van der Waals surface area contributed by atoms with E-state index < -0.39 is 10.0 Å². The monoisotopic (exact) mass is 319 g/mol. The number of sulfonamides is 1. The maximum absolute atomic E-state index is 12.5. The van der Waals surface area contributed by atoms with E-state index in [1.807, 2.05) is 39.0 Å². The van der Waals surface area contributed by atoms with Crippen molar-refractivity contribution in [2.45, 2.75) is 31.6 Å². The molecule has 0 saturated carbocycles. The molecule has 1 N–H and O–H groups in total. The predicted octanol–water partition coefficient (Wildman–Crippen LogP) is 4.01. The van der Waals surface area contributed by atoms with Gasteiger partial charge in [-0.25, -0.2) is 8.42 Å². The fourth-order valence-corrected chi connectivity index (χ4v) is 3.27. The van der Waals surface area contributed by atoms with E-state index in [0.29, 0.717) is 18.0 Å². The molecule has 0 aliphatic heterocycles. The van der Waals surface area contributed by atoms with Crippen LogP contribution in [0.1, 0.15) is 32.3 Å². The van der Waals surface area contributed by atoms with Gasteiger partial charge in [0.1, 0.15) is 5.75 Å². The molecule has 0 saturated heterocycles. The summed E-state index contributed by atoms with van der Waals surface area (Å²) in [5, 5.41) is 0. The third kappa shape index (κ3) is 3.80. The largest absolute Gasteiger partial charge is 0.494 e. The topological polar surface area (TPSA) is 55.4 Å². The molecule has 2 rings (SSSR count).